The molecule has 64 heavy (non-hydrogen) atoms. The van der Waals surface area contributed by atoms with Crippen molar-refractivity contribution < 1.29 is 33.4 Å². The van der Waals surface area contributed by atoms with Gasteiger partial charge in [0.2, 0.25) is 5.91 Å². The molecule has 0 spiro atoms. The number of carbonyl (C=O) groups is 4. The van der Waals surface area contributed by atoms with Gasteiger partial charge in [-0.3, -0.25) is 34.1 Å². The summed E-state index contributed by atoms with van der Waals surface area (Å²) in [5, 5.41) is 8.16. The number of pyridine rings is 1. The van der Waals surface area contributed by atoms with E-state index in [0.717, 1.165) is 44.7 Å². The van der Waals surface area contributed by atoms with Gasteiger partial charge in [-0.15, -0.1) is 11.3 Å². The van der Waals surface area contributed by atoms with E-state index in [-0.39, 0.29) is 43.3 Å². The molecule has 0 unspecified atom stereocenters. The number of carbonyl (C=O) groups excluding carboxylic acids is 4. The van der Waals surface area contributed by atoms with Gasteiger partial charge in [0, 0.05) is 78.7 Å². The highest BCUT2D eigenvalue weighted by atomic mass is 32.1. The third-order valence-electron chi connectivity index (χ3n) is 12.4. The second-order valence-corrected chi connectivity index (χ2v) is 19.6. The summed E-state index contributed by atoms with van der Waals surface area (Å²) in [6.45, 7) is 14.4. The zero-order valence-corrected chi connectivity index (χ0v) is 39.4. The molecule has 2 N–H and O–H groups in total. The summed E-state index contributed by atoms with van der Waals surface area (Å²) in [5.41, 5.74) is 8.97. The fraction of sp³-hybridized carbons (Fsp3) is 0.542. The van der Waals surface area contributed by atoms with E-state index in [2.05, 4.69) is 72.2 Å². The number of hydrogen-bond acceptors (Lipinski definition) is 12. The molecule has 0 radical (unpaired) electrons. The highest BCUT2D eigenvalue weighted by Gasteiger charge is 2.37. The van der Waals surface area contributed by atoms with E-state index in [1.165, 1.54) is 16.3 Å². The van der Waals surface area contributed by atoms with E-state index in [1.807, 2.05) is 44.3 Å². The van der Waals surface area contributed by atoms with Crippen LogP contribution in [-0.4, -0.2) is 130 Å². The number of nitrogens with zero attached hydrogens (tertiary/aromatic N) is 6. The van der Waals surface area contributed by atoms with Gasteiger partial charge in [0.05, 0.1) is 59.5 Å². The largest absolute Gasteiger partial charge is 0.464 e. The first-order chi connectivity index (χ1) is 30.5. The molecule has 1 aromatic carbocycles. The van der Waals surface area contributed by atoms with Crippen LogP contribution in [0.1, 0.15) is 77.1 Å². The first-order valence-corrected chi connectivity index (χ1v) is 23.1. The molecule has 3 aliphatic rings. The molecule has 3 atom stereocenters. The van der Waals surface area contributed by atoms with E-state index in [1.54, 1.807) is 25.1 Å². The number of likely N-dealkylation sites (tertiary alicyclic amines) is 1. The quantitative estimate of drug-likeness (QED) is 0.163. The van der Waals surface area contributed by atoms with Crippen molar-refractivity contribution >= 4 is 45.9 Å². The number of ether oxygens (including phenoxy) is 3. The second kappa shape index (κ2) is 19.5. The van der Waals surface area contributed by atoms with Crippen LogP contribution in [0.15, 0.2) is 41.9 Å². The number of rotatable bonds is 10. The van der Waals surface area contributed by atoms with Gasteiger partial charge >= 0.3 is 5.97 Å². The Morgan fingerprint density at radius 3 is 2.70 bits per heavy atom. The molecule has 4 aromatic rings. The van der Waals surface area contributed by atoms with Gasteiger partial charge in [0.15, 0.2) is 0 Å². The Bertz CT molecular complexity index is 2440. The lowest BCUT2D eigenvalue weighted by atomic mass is 9.84. The summed E-state index contributed by atoms with van der Waals surface area (Å²) in [6, 6.07) is 8.71. The first-order valence-electron chi connectivity index (χ1n) is 22.2. The number of methoxy groups -OCH3 is 1. The van der Waals surface area contributed by atoms with Crippen LogP contribution >= 0.6 is 11.3 Å². The van der Waals surface area contributed by atoms with Gasteiger partial charge in [0.25, 0.3) is 11.8 Å². The second-order valence-electron chi connectivity index (χ2n) is 18.6. The summed E-state index contributed by atoms with van der Waals surface area (Å²) in [4.78, 5) is 67.8. The van der Waals surface area contributed by atoms with E-state index in [0.29, 0.717) is 57.1 Å². The predicted octanol–water partition coefficient (Wildman–Crippen LogP) is 4.99. The molecule has 3 amide bonds. The fourth-order valence-corrected chi connectivity index (χ4v) is 9.24. The molecule has 342 valence electrons. The van der Waals surface area contributed by atoms with Crippen molar-refractivity contribution in [3.8, 4) is 34.4 Å². The summed E-state index contributed by atoms with van der Waals surface area (Å²) in [5.74, 6) is 4.36. The van der Waals surface area contributed by atoms with Crippen molar-refractivity contribution in [2.75, 3.05) is 47.4 Å². The van der Waals surface area contributed by atoms with Crippen molar-refractivity contribution in [2.45, 2.75) is 117 Å². The van der Waals surface area contributed by atoms with Gasteiger partial charge < -0.3 is 29.0 Å². The standard InChI is InChI=1S/C48H62N8O7S/c1-10-55-40-16-15-31-22-34(40)35(44(55)33-13-11-19-49-38(33)27-61-9)24-47(3,4)29-62-46(60)36-14-12-20-56(52-36)45(59)37(23-42-51-39(31)28-64-42)50-41(57)21-30(2)63-32-25-54(26-32)43(58)17-18-48(5,6)53(7)8/h11,13,15-16,19,22,28,30,32,36-37,52H,10,12,14,20-21,23-27,29H2,1-9H3,(H,50,57)/t30-,36-,37-/m0/s1. The summed E-state index contributed by atoms with van der Waals surface area (Å²) >= 11 is 1.43. The van der Waals surface area contributed by atoms with E-state index in [9.17, 15) is 19.2 Å². The normalized spacial score (nSPS) is 20.0. The molecule has 0 saturated carbocycles. The monoisotopic (exact) mass is 894 g/mol. The molecule has 2 saturated heterocycles. The summed E-state index contributed by atoms with van der Waals surface area (Å²) in [6.07, 6.45) is 2.89. The van der Waals surface area contributed by atoms with Crippen LogP contribution in [0.5, 0.6) is 0 Å². The van der Waals surface area contributed by atoms with Crippen LogP contribution in [0.25, 0.3) is 33.4 Å². The minimum absolute atomic E-state index is 0.0000879. The van der Waals surface area contributed by atoms with Crippen molar-refractivity contribution in [1.82, 2.24) is 40.1 Å². The Labute approximate surface area is 380 Å². The van der Waals surface area contributed by atoms with E-state index in [4.69, 9.17) is 24.2 Å². The number of cyclic esters (lactones) is 1. The van der Waals surface area contributed by atoms with Crippen molar-refractivity contribution in [3.05, 3.63) is 58.2 Å². The van der Waals surface area contributed by atoms with Crippen molar-refractivity contribution in [3.63, 3.8) is 0 Å². The van der Waals surface area contributed by atoms with Crippen LogP contribution in [-0.2, 0) is 59.4 Å². The first kappa shape index (κ1) is 46.8. The van der Waals surface area contributed by atoms with Crippen LogP contribution < -0.4 is 10.7 Å². The lowest BCUT2D eigenvalue weighted by Crippen LogP contribution is -2.60. The maximum atomic E-state index is 14.3. The molecule has 15 nitrogen and oxygen atoms in total. The topological polar surface area (TPSA) is 160 Å². The molecule has 16 heteroatoms. The molecule has 0 aliphatic carbocycles. The molecule has 6 bridgehead atoms. The summed E-state index contributed by atoms with van der Waals surface area (Å²) < 4.78 is 20.1. The zero-order chi connectivity index (χ0) is 45.9. The lowest BCUT2D eigenvalue weighted by Gasteiger charge is -2.39. The third kappa shape index (κ3) is 10.5. The molecule has 2 fully saturated rings. The zero-order valence-electron chi connectivity index (χ0n) is 38.6. The molecule has 3 aliphatic heterocycles. The Hall–Kier alpha value is -5.18. The van der Waals surface area contributed by atoms with Crippen LogP contribution in [0.4, 0.5) is 0 Å². The number of fused-ring (bicyclic) bond motifs is 6. The third-order valence-corrected chi connectivity index (χ3v) is 13.3. The average molecular weight is 895 g/mol. The average Bonchev–Trinajstić information content (AvgIpc) is 3.84. The number of benzene rings is 1. The lowest BCUT2D eigenvalue weighted by molar-refractivity contribution is -0.155. The fourth-order valence-electron chi connectivity index (χ4n) is 8.39. The number of amides is 3. The molecular formula is C48H62N8O7S. The number of aryl methyl sites for hydroxylation is 1. The number of esters is 1. The van der Waals surface area contributed by atoms with Crippen LogP contribution in [0, 0.1) is 17.3 Å². The number of hydrogen-bond donors (Lipinski definition) is 2. The van der Waals surface area contributed by atoms with Crippen molar-refractivity contribution in [2.24, 2.45) is 5.41 Å². The highest BCUT2D eigenvalue weighted by molar-refractivity contribution is 7.10. The van der Waals surface area contributed by atoms with Gasteiger partial charge in [-0.25, -0.2) is 10.4 Å². The molecule has 6 heterocycles. The van der Waals surface area contributed by atoms with Gasteiger partial charge in [-0.1, -0.05) is 25.8 Å². The smallest absolute Gasteiger partial charge is 0.324 e. The Morgan fingerprint density at radius 2 is 1.97 bits per heavy atom. The van der Waals surface area contributed by atoms with Gasteiger partial charge in [0.1, 0.15) is 12.1 Å². The number of aromatic nitrogens is 3. The maximum Gasteiger partial charge on any atom is 0.324 e. The highest BCUT2D eigenvalue weighted by Crippen LogP contribution is 2.41. The summed E-state index contributed by atoms with van der Waals surface area (Å²) in [7, 11) is 5.50. The minimum Gasteiger partial charge on any atom is -0.464 e. The van der Waals surface area contributed by atoms with Gasteiger partial charge in [-0.2, -0.15) is 0 Å². The number of thiazole rings is 1. The minimum atomic E-state index is -0.975. The SMILES string of the molecule is CCn1c(-c2cccnc2COC)c2c3cc(ccc31)-c1csc(n1)C[C@H](NC(=O)C[C@H](C)OC1CN(C(=O)C#CC(C)(C)N(C)C)C1)C(=O)N1CCC[C@H](N1)C(=O)OCC(C)(C)C2. The van der Waals surface area contributed by atoms with Crippen LogP contribution in [0.2, 0.25) is 0 Å². The number of nitrogens with one attached hydrogen (secondary N) is 2. The van der Waals surface area contributed by atoms with Crippen molar-refractivity contribution in [1.29, 1.82) is 0 Å². The van der Waals surface area contributed by atoms with E-state index < -0.39 is 35.1 Å². The molecule has 7 rings (SSSR count). The molecule has 3 aromatic heterocycles. The Kier molecular flexibility index (Phi) is 14.3. The molecular weight excluding hydrogens is 833 g/mol. The van der Waals surface area contributed by atoms with E-state index >= 15 is 0 Å². The number of hydrazine groups is 1. The van der Waals surface area contributed by atoms with Crippen LogP contribution in [0.3, 0.4) is 0 Å². The Morgan fingerprint density at radius 1 is 1.19 bits per heavy atom. The maximum absolute atomic E-state index is 14.3. The predicted molar refractivity (Wildman–Crippen MR) is 246 cm³/mol. The Balaban J connectivity index is 1.15. The van der Waals surface area contributed by atoms with Gasteiger partial charge in [-0.05, 0) is 96.8 Å².